The Morgan fingerprint density at radius 3 is 2.66 bits per heavy atom. The maximum atomic E-state index is 13.7. The third kappa shape index (κ3) is 5.69. The SMILES string of the molecule is Cc1ccccc1-c1cnc2c(c1)C(=O)N([C@H](C)CO)C[C@@H](C)[C@@H](CN(C)Cc1ccncc1)O2. The first-order valence-electron chi connectivity index (χ1n) is 12.1. The number of benzene rings is 1. The molecule has 1 aliphatic heterocycles. The minimum atomic E-state index is -0.312. The third-order valence-electron chi connectivity index (χ3n) is 6.67. The lowest BCUT2D eigenvalue weighted by Crippen LogP contribution is -2.49. The average Bonchev–Trinajstić information content (AvgIpc) is 2.86. The number of fused-ring (bicyclic) bond motifs is 1. The predicted octanol–water partition coefficient (Wildman–Crippen LogP) is 3.80. The zero-order chi connectivity index (χ0) is 24.9. The quantitative estimate of drug-likeness (QED) is 0.561. The summed E-state index contributed by atoms with van der Waals surface area (Å²) < 4.78 is 6.44. The topological polar surface area (TPSA) is 78.8 Å². The van der Waals surface area contributed by atoms with Crippen molar-refractivity contribution >= 4 is 5.91 Å². The molecule has 1 amide bonds. The molecule has 7 nitrogen and oxygen atoms in total. The van der Waals surface area contributed by atoms with Gasteiger partial charge >= 0.3 is 0 Å². The van der Waals surface area contributed by atoms with Gasteiger partial charge in [0.15, 0.2) is 0 Å². The molecule has 1 N–H and O–H groups in total. The number of likely N-dealkylation sites (N-methyl/N-ethyl adjacent to an activating group) is 1. The number of aliphatic hydroxyl groups is 1. The molecule has 2 aromatic heterocycles. The molecule has 0 radical (unpaired) electrons. The molecule has 0 bridgehead atoms. The first-order chi connectivity index (χ1) is 16.9. The van der Waals surface area contributed by atoms with E-state index in [-0.39, 0.29) is 30.6 Å². The van der Waals surface area contributed by atoms with Gasteiger partial charge in [0.05, 0.1) is 12.6 Å². The fourth-order valence-corrected chi connectivity index (χ4v) is 4.54. The van der Waals surface area contributed by atoms with Gasteiger partial charge in [0, 0.05) is 49.7 Å². The molecule has 7 heteroatoms. The standard InChI is InChI=1S/C28H34N4O3/c1-19-7-5-6-8-24(19)23-13-25-27(30-14-23)35-26(17-31(4)16-22-9-11-29-12-10-22)20(2)15-32(28(25)34)21(3)18-33/h5-14,20-21,26,33H,15-18H2,1-4H3/t20-,21-,26-/m1/s1. The molecular weight excluding hydrogens is 440 g/mol. The summed E-state index contributed by atoms with van der Waals surface area (Å²) in [5.74, 6) is 0.218. The highest BCUT2D eigenvalue weighted by Crippen LogP contribution is 2.31. The lowest BCUT2D eigenvalue weighted by Gasteiger charge is -2.37. The smallest absolute Gasteiger partial charge is 0.259 e. The van der Waals surface area contributed by atoms with Gasteiger partial charge in [-0.2, -0.15) is 0 Å². The van der Waals surface area contributed by atoms with Crippen molar-refractivity contribution in [1.82, 2.24) is 19.8 Å². The molecule has 1 aliphatic rings. The highest BCUT2D eigenvalue weighted by Gasteiger charge is 2.34. The molecule has 0 spiro atoms. The zero-order valence-electron chi connectivity index (χ0n) is 20.9. The molecular formula is C28H34N4O3. The minimum absolute atomic E-state index is 0.0406. The van der Waals surface area contributed by atoms with E-state index in [1.165, 1.54) is 5.56 Å². The fraction of sp³-hybridized carbons (Fsp3) is 0.393. The summed E-state index contributed by atoms with van der Waals surface area (Å²) in [5.41, 5.74) is 4.61. The fourth-order valence-electron chi connectivity index (χ4n) is 4.54. The van der Waals surface area contributed by atoms with E-state index < -0.39 is 0 Å². The lowest BCUT2D eigenvalue weighted by atomic mass is 9.98. The number of pyridine rings is 2. The first-order valence-corrected chi connectivity index (χ1v) is 12.1. The third-order valence-corrected chi connectivity index (χ3v) is 6.67. The Morgan fingerprint density at radius 2 is 1.94 bits per heavy atom. The number of hydrogen-bond donors (Lipinski definition) is 1. The predicted molar refractivity (Wildman–Crippen MR) is 136 cm³/mol. The number of carbonyl (C=O) groups is 1. The number of aromatic nitrogens is 2. The van der Waals surface area contributed by atoms with E-state index in [1.54, 1.807) is 23.5 Å². The van der Waals surface area contributed by atoms with Crippen LogP contribution in [0.1, 0.15) is 35.3 Å². The van der Waals surface area contributed by atoms with Crippen LogP contribution in [0.5, 0.6) is 5.88 Å². The van der Waals surface area contributed by atoms with Crippen molar-refractivity contribution in [2.45, 2.75) is 39.5 Å². The molecule has 3 aromatic rings. The molecule has 0 unspecified atom stereocenters. The summed E-state index contributed by atoms with van der Waals surface area (Å²) >= 11 is 0. The summed E-state index contributed by atoms with van der Waals surface area (Å²) in [6, 6.07) is 13.6. The second kappa shape index (κ2) is 11.0. The Morgan fingerprint density at radius 1 is 1.20 bits per heavy atom. The van der Waals surface area contributed by atoms with Crippen molar-refractivity contribution in [3.63, 3.8) is 0 Å². The van der Waals surface area contributed by atoms with Gasteiger partial charge in [-0.3, -0.25) is 14.7 Å². The van der Waals surface area contributed by atoms with Gasteiger partial charge in [0.25, 0.3) is 5.91 Å². The number of ether oxygens (including phenoxy) is 1. The van der Waals surface area contributed by atoms with Crippen molar-refractivity contribution in [2.24, 2.45) is 5.92 Å². The van der Waals surface area contributed by atoms with Gasteiger partial charge < -0.3 is 14.7 Å². The van der Waals surface area contributed by atoms with Crippen molar-refractivity contribution < 1.29 is 14.6 Å². The summed E-state index contributed by atoms with van der Waals surface area (Å²) in [4.78, 5) is 26.3. The van der Waals surface area contributed by atoms with E-state index in [0.717, 1.165) is 23.2 Å². The summed E-state index contributed by atoms with van der Waals surface area (Å²) in [6.07, 6.45) is 5.19. The molecule has 3 heterocycles. The van der Waals surface area contributed by atoms with Gasteiger partial charge in [0.2, 0.25) is 5.88 Å². The highest BCUT2D eigenvalue weighted by atomic mass is 16.5. The van der Waals surface area contributed by atoms with Crippen LogP contribution in [0.3, 0.4) is 0 Å². The van der Waals surface area contributed by atoms with Crippen LogP contribution in [0.25, 0.3) is 11.1 Å². The van der Waals surface area contributed by atoms with E-state index in [4.69, 9.17) is 4.74 Å². The van der Waals surface area contributed by atoms with Gasteiger partial charge in [-0.25, -0.2) is 4.98 Å². The Balaban J connectivity index is 1.67. The minimum Gasteiger partial charge on any atom is -0.472 e. The number of aryl methyl sites for hydroxylation is 1. The number of amides is 1. The van der Waals surface area contributed by atoms with Crippen molar-refractivity contribution in [3.8, 4) is 17.0 Å². The van der Waals surface area contributed by atoms with Crippen LogP contribution in [0.2, 0.25) is 0 Å². The van der Waals surface area contributed by atoms with Crippen LogP contribution < -0.4 is 4.74 Å². The average molecular weight is 475 g/mol. The molecule has 0 saturated carbocycles. The van der Waals surface area contributed by atoms with Gasteiger partial charge in [0.1, 0.15) is 11.7 Å². The van der Waals surface area contributed by atoms with E-state index in [1.807, 2.05) is 56.3 Å². The van der Waals surface area contributed by atoms with Gasteiger partial charge in [-0.1, -0.05) is 31.2 Å². The van der Waals surface area contributed by atoms with Crippen LogP contribution in [-0.2, 0) is 6.54 Å². The lowest BCUT2D eigenvalue weighted by molar-refractivity contribution is 0.0325. The van der Waals surface area contributed by atoms with E-state index in [9.17, 15) is 9.90 Å². The van der Waals surface area contributed by atoms with Crippen LogP contribution >= 0.6 is 0 Å². The molecule has 0 fully saturated rings. The number of aliphatic hydroxyl groups excluding tert-OH is 1. The Bertz CT molecular complexity index is 1150. The van der Waals surface area contributed by atoms with Crippen LogP contribution in [0, 0.1) is 12.8 Å². The van der Waals surface area contributed by atoms with E-state index in [0.29, 0.717) is 24.5 Å². The Hall–Kier alpha value is -3.29. The van der Waals surface area contributed by atoms with Crippen molar-refractivity contribution in [3.05, 3.63) is 77.7 Å². The monoisotopic (exact) mass is 474 g/mol. The molecule has 4 rings (SSSR count). The maximum absolute atomic E-state index is 13.7. The van der Waals surface area contributed by atoms with Crippen LogP contribution in [0.15, 0.2) is 61.1 Å². The van der Waals surface area contributed by atoms with Crippen LogP contribution in [0.4, 0.5) is 0 Å². The van der Waals surface area contributed by atoms with E-state index in [2.05, 4.69) is 28.8 Å². The molecule has 0 aliphatic carbocycles. The first kappa shape index (κ1) is 24.8. The second-order valence-electron chi connectivity index (χ2n) is 9.57. The number of nitrogens with zero attached hydrogens (tertiary/aromatic N) is 4. The van der Waals surface area contributed by atoms with E-state index >= 15 is 0 Å². The summed E-state index contributed by atoms with van der Waals surface area (Å²) in [6.45, 7) is 7.81. The van der Waals surface area contributed by atoms with Gasteiger partial charge in [-0.05, 0) is 55.8 Å². The maximum Gasteiger partial charge on any atom is 0.259 e. The largest absolute Gasteiger partial charge is 0.472 e. The molecule has 1 aromatic carbocycles. The molecule has 0 saturated heterocycles. The van der Waals surface area contributed by atoms with Crippen LogP contribution in [-0.4, -0.2) is 69.7 Å². The van der Waals surface area contributed by atoms with Crippen molar-refractivity contribution in [2.75, 3.05) is 26.7 Å². The molecule has 3 atom stereocenters. The van der Waals surface area contributed by atoms with Gasteiger partial charge in [-0.15, -0.1) is 0 Å². The number of carbonyl (C=O) groups excluding carboxylic acids is 1. The Kier molecular flexibility index (Phi) is 7.78. The molecule has 184 valence electrons. The molecule has 35 heavy (non-hydrogen) atoms. The Labute approximate surface area is 207 Å². The summed E-state index contributed by atoms with van der Waals surface area (Å²) in [5, 5.41) is 9.89. The normalized spacial score (nSPS) is 19.0. The second-order valence-corrected chi connectivity index (χ2v) is 9.57. The number of rotatable bonds is 7. The number of hydrogen-bond acceptors (Lipinski definition) is 6. The summed E-state index contributed by atoms with van der Waals surface area (Å²) in [7, 11) is 2.06. The highest BCUT2D eigenvalue weighted by molar-refractivity contribution is 5.98. The van der Waals surface area contributed by atoms with Crippen molar-refractivity contribution in [1.29, 1.82) is 0 Å². The zero-order valence-corrected chi connectivity index (χ0v) is 20.9.